The van der Waals surface area contributed by atoms with E-state index in [1.54, 1.807) is 12.1 Å². The molecule has 0 fully saturated rings. The van der Waals surface area contributed by atoms with Crippen LogP contribution in [0.15, 0.2) is 71.8 Å². The molecule has 0 spiro atoms. The lowest BCUT2D eigenvalue weighted by Gasteiger charge is -2.24. The molecule has 0 bridgehead atoms. The number of anilines is 2. The Bertz CT molecular complexity index is 1380. The van der Waals surface area contributed by atoms with Gasteiger partial charge in [-0.25, -0.2) is 23.0 Å². The number of nitrogens with one attached hydrogen (secondary N) is 1. The Morgan fingerprint density at radius 2 is 1.59 bits per heavy atom. The zero-order valence-corrected chi connectivity index (χ0v) is 22.1. The smallest absolute Gasteiger partial charge is 0.478 e. The number of aliphatic carboxylic acids is 1. The summed E-state index contributed by atoms with van der Waals surface area (Å²) in [6.07, 6.45) is -3.74. The summed E-state index contributed by atoms with van der Waals surface area (Å²) in [6, 6.07) is 17.6. The number of carbonyl (C=O) groups is 2. The second kappa shape index (κ2) is 13.1. The first-order chi connectivity index (χ1) is 18.2. The number of alkyl halides is 3. The summed E-state index contributed by atoms with van der Waals surface area (Å²) in [4.78, 5) is 27.1. The van der Waals surface area contributed by atoms with Crippen molar-refractivity contribution in [2.45, 2.75) is 44.3 Å². The SMILES string of the molecule is CCN(Cc1ccccc1)c1ncc(NS(=O)(=O)c2ccc(C(C)C)cc2)cc1C(=O)O.O=C(O)C(F)(F)F. The van der Waals surface area contributed by atoms with Crippen LogP contribution in [0.1, 0.15) is 48.2 Å². The number of sulfonamides is 1. The number of carboxylic acids is 2. The number of hydrogen-bond donors (Lipinski definition) is 3. The third-order valence-electron chi connectivity index (χ3n) is 5.35. The molecule has 0 unspecified atom stereocenters. The van der Waals surface area contributed by atoms with Crippen molar-refractivity contribution in [3.63, 3.8) is 0 Å². The predicted molar refractivity (Wildman–Crippen MR) is 139 cm³/mol. The van der Waals surface area contributed by atoms with Gasteiger partial charge >= 0.3 is 18.1 Å². The van der Waals surface area contributed by atoms with Crippen molar-refractivity contribution in [3.05, 3.63) is 83.6 Å². The predicted octanol–water partition coefficient (Wildman–Crippen LogP) is 5.36. The molecule has 3 N–H and O–H groups in total. The summed E-state index contributed by atoms with van der Waals surface area (Å²) >= 11 is 0. The number of rotatable bonds is 9. The van der Waals surface area contributed by atoms with Gasteiger partial charge in [-0.3, -0.25) is 4.72 Å². The number of aromatic nitrogens is 1. The molecule has 3 aromatic rings. The highest BCUT2D eigenvalue weighted by Gasteiger charge is 2.38. The Morgan fingerprint density at radius 3 is 2.05 bits per heavy atom. The molecule has 1 aromatic heterocycles. The van der Waals surface area contributed by atoms with Crippen molar-refractivity contribution in [1.82, 2.24) is 4.98 Å². The Kier molecular flexibility index (Phi) is 10.4. The first-order valence-electron chi connectivity index (χ1n) is 11.6. The molecule has 9 nitrogen and oxygen atoms in total. The van der Waals surface area contributed by atoms with Gasteiger partial charge in [0.25, 0.3) is 10.0 Å². The molecular weight excluding hydrogens is 539 g/mol. The van der Waals surface area contributed by atoms with Crippen LogP contribution in [0.5, 0.6) is 0 Å². The van der Waals surface area contributed by atoms with Gasteiger partial charge in [0.2, 0.25) is 0 Å². The quantitative estimate of drug-likeness (QED) is 0.314. The summed E-state index contributed by atoms with van der Waals surface area (Å²) in [5, 5.41) is 16.9. The molecule has 39 heavy (non-hydrogen) atoms. The van der Waals surface area contributed by atoms with Crippen molar-refractivity contribution in [2.24, 2.45) is 0 Å². The maximum atomic E-state index is 12.8. The van der Waals surface area contributed by atoms with E-state index in [4.69, 9.17) is 9.90 Å². The second-order valence-electron chi connectivity index (χ2n) is 8.53. The van der Waals surface area contributed by atoms with Crippen LogP contribution < -0.4 is 9.62 Å². The third-order valence-corrected chi connectivity index (χ3v) is 6.74. The van der Waals surface area contributed by atoms with Gasteiger partial charge in [-0.05, 0) is 42.2 Å². The first kappa shape index (κ1) is 31.1. The highest BCUT2D eigenvalue weighted by molar-refractivity contribution is 7.92. The standard InChI is InChI=1S/C24H27N3O4S.C2HF3O2/c1-4-27(16-18-8-6-5-7-9-18)23-22(24(28)29)14-20(15-25-23)26-32(30,31)21-12-10-19(11-13-21)17(2)3;3-2(4,5)1(6)7/h5-15,17,26H,4,16H2,1-3H3,(H,28,29);(H,6,7). The fourth-order valence-electron chi connectivity index (χ4n) is 3.31. The lowest BCUT2D eigenvalue weighted by Crippen LogP contribution is -2.25. The molecule has 0 radical (unpaired) electrons. The van der Waals surface area contributed by atoms with Crippen molar-refractivity contribution >= 4 is 33.5 Å². The average Bonchev–Trinajstić information content (AvgIpc) is 2.87. The minimum Gasteiger partial charge on any atom is -0.478 e. The number of halogens is 3. The minimum atomic E-state index is -5.08. The van der Waals surface area contributed by atoms with Crippen LogP contribution >= 0.6 is 0 Å². The molecule has 0 saturated carbocycles. The molecule has 0 saturated heterocycles. The van der Waals surface area contributed by atoms with Crippen molar-refractivity contribution in [2.75, 3.05) is 16.2 Å². The third kappa shape index (κ3) is 8.99. The van der Waals surface area contributed by atoms with Gasteiger partial charge in [0.1, 0.15) is 11.4 Å². The van der Waals surface area contributed by atoms with Crippen LogP contribution in [-0.4, -0.2) is 48.3 Å². The largest absolute Gasteiger partial charge is 0.490 e. The topological polar surface area (TPSA) is 137 Å². The molecule has 13 heteroatoms. The maximum Gasteiger partial charge on any atom is 0.490 e. The highest BCUT2D eigenvalue weighted by Crippen LogP contribution is 2.25. The van der Waals surface area contributed by atoms with Gasteiger partial charge < -0.3 is 15.1 Å². The summed E-state index contributed by atoms with van der Waals surface area (Å²) in [5.41, 5.74) is 2.07. The molecule has 0 aliphatic rings. The Labute approximate surface area is 224 Å². The van der Waals surface area contributed by atoms with Gasteiger partial charge in [0, 0.05) is 13.1 Å². The Balaban J connectivity index is 0.000000673. The average molecular weight is 568 g/mol. The zero-order chi connectivity index (χ0) is 29.4. The van der Waals surface area contributed by atoms with Crippen molar-refractivity contribution in [3.8, 4) is 0 Å². The lowest BCUT2D eigenvalue weighted by atomic mass is 10.0. The van der Waals surface area contributed by atoms with E-state index in [-0.39, 0.29) is 27.9 Å². The van der Waals surface area contributed by atoms with E-state index in [1.165, 1.54) is 24.4 Å². The van der Waals surface area contributed by atoms with E-state index in [0.29, 0.717) is 13.1 Å². The zero-order valence-electron chi connectivity index (χ0n) is 21.3. The van der Waals surface area contributed by atoms with E-state index >= 15 is 0 Å². The Hall–Kier alpha value is -4.13. The molecule has 210 valence electrons. The summed E-state index contributed by atoms with van der Waals surface area (Å²) in [7, 11) is -3.88. The number of hydrogen-bond acceptors (Lipinski definition) is 6. The van der Waals surface area contributed by atoms with Crippen LogP contribution in [0, 0.1) is 0 Å². The van der Waals surface area contributed by atoms with Gasteiger partial charge in [0.15, 0.2) is 0 Å². The van der Waals surface area contributed by atoms with Crippen molar-refractivity contribution < 1.29 is 41.4 Å². The molecule has 0 atom stereocenters. The number of nitrogens with zero attached hydrogens (tertiary/aromatic N) is 2. The summed E-state index contributed by atoms with van der Waals surface area (Å²) in [5.74, 6) is -3.37. The van der Waals surface area contributed by atoms with Gasteiger partial charge in [-0.15, -0.1) is 0 Å². The minimum absolute atomic E-state index is 0.0712. The molecule has 1 heterocycles. The van der Waals surface area contributed by atoms with Crippen LogP contribution in [0.3, 0.4) is 0 Å². The second-order valence-corrected chi connectivity index (χ2v) is 10.2. The fourth-order valence-corrected chi connectivity index (χ4v) is 4.34. The van der Waals surface area contributed by atoms with Crippen LogP contribution in [-0.2, 0) is 21.4 Å². The number of pyridine rings is 1. The molecule has 2 aromatic carbocycles. The van der Waals surface area contributed by atoms with Crippen molar-refractivity contribution in [1.29, 1.82) is 0 Å². The van der Waals surface area contributed by atoms with E-state index in [1.807, 2.05) is 56.0 Å². The van der Waals surface area contributed by atoms with Gasteiger partial charge in [-0.2, -0.15) is 13.2 Å². The van der Waals surface area contributed by atoms with E-state index in [9.17, 15) is 31.5 Å². The van der Waals surface area contributed by atoms with E-state index < -0.39 is 28.1 Å². The molecule has 0 amide bonds. The molecule has 0 aliphatic heterocycles. The fraction of sp³-hybridized carbons (Fsp3) is 0.269. The van der Waals surface area contributed by atoms with Crippen LogP contribution in [0.25, 0.3) is 0 Å². The molecular formula is C26H28F3N3O6S. The summed E-state index contributed by atoms with van der Waals surface area (Å²) < 4.78 is 59.7. The van der Waals surface area contributed by atoms with E-state index in [2.05, 4.69) is 9.71 Å². The van der Waals surface area contributed by atoms with Crippen LogP contribution in [0.2, 0.25) is 0 Å². The normalized spacial score (nSPS) is 11.4. The highest BCUT2D eigenvalue weighted by atomic mass is 32.2. The molecule has 0 aliphatic carbocycles. The lowest BCUT2D eigenvalue weighted by molar-refractivity contribution is -0.192. The number of carboxylic acid groups (broad SMARTS) is 2. The van der Waals surface area contributed by atoms with Crippen LogP contribution in [0.4, 0.5) is 24.7 Å². The monoisotopic (exact) mass is 567 g/mol. The molecule has 3 rings (SSSR count). The Morgan fingerprint density at radius 1 is 1.03 bits per heavy atom. The number of benzene rings is 2. The maximum absolute atomic E-state index is 12.8. The van der Waals surface area contributed by atoms with E-state index in [0.717, 1.165) is 11.1 Å². The van der Waals surface area contributed by atoms with Gasteiger partial charge in [0.05, 0.1) is 16.8 Å². The first-order valence-corrected chi connectivity index (χ1v) is 13.1. The summed E-state index contributed by atoms with van der Waals surface area (Å²) in [6.45, 7) is 6.99. The number of aromatic carboxylic acids is 1. The van der Waals surface area contributed by atoms with Gasteiger partial charge in [-0.1, -0.05) is 56.3 Å².